The first kappa shape index (κ1) is 13.4. The fourth-order valence-electron chi connectivity index (χ4n) is 2.59. The molecule has 106 valence electrons. The van der Waals surface area contributed by atoms with Gasteiger partial charge < -0.3 is 9.73 Å². The fraction of sp³-hybridized carbons (Fsp3) is 0.167. The molecule has 21 heavy (non-hydrogen) atoms. The lowest BCUT2D eigenvalue weighted by atomic mass is 10.1. The summed E-state index contributed by atoms with van der Waals surface area (Å²) in [5, 5.41) is 3.94. The Bertz CT molecular complexity index is 782. The van der Waals surface area contributed by atoms with Crippen molar-refractivity contribution < 1.29 is 9.21 Å². The van der Waals surface area contributed by atoms with Crippen LogP contribution in [0.25, 0.3) is 11.0 Å². The van der Waals surface area contributed by atoms with E-state index in [9.17, 15) is 4.79 Å². The minimum Gasteiger partial charge on any atom is -0.464 e. The minimum absolute atomic E-state index is 0.0356. The van der Waals surface area contributed by atoms with Gasteiger partial charge in [0.1, 0.15) is 5.58 Å². The van der Waals surface area contributed by atoms with Crippen LogP contribution in [0.5, 0.6) is 0 Å². The van der Waals surface area contributed by atoms with E-state index in [0.29, 0.717) is 6.42 Å². The van der Waals surface area contributed by atoms with Crippen LogP contribution in [0.2, 0.25) is 0 Å². The second-order valence-electron chi connectivity index (χ2n) is 5.36. The molecule has 0 bridgehead atoms. The molecule has 0 fully saturated rings. The normalized spacial score (nSPS) is 10.8. The number of para-hydroxylation sites is 1. The Hall–Kier alpha value is -2.55. The number of hydrogen-bond donors (Lipinski definition) is 1. The number of nitrogens with one attached hydrogen (secondary N) is 1. The molecule has 0 aliphatic rings. The first-order chi connectivity index (χ1) is 10.1. The van der Waals surface area contributed by atoms with Gasteiger partial charge in [0.2, 0.25) is 5.91 Å². The van der Waals surface area contributed by atoms with E-state index < -0.39 is 0 Å². The summed E-state index contributed by atoms with van der Waals surface area (Å²) in [6, 6.07) is 13.8. The van der Waals surface area contributed by atoms with Crippen molar-refractivity contribution in [2.45, 2.75) is 20.3 Å². The van der Waals surface area contributed by atoms with Crippen LogP contribution >= 0.6 is 0 Å². The summed E-state index contributed by atoms with van der Waals surface area (Å²) >= 11 is 0. The topological polar surface area (TPSA) is 42.2 Å². The van der Waals surface area contributed by atoms with Crippen LogP contribution in [0, 0.1) is 13.8 Å². The van der Waals surface area contributed by atoms with Gasteiger partial charge in [-0.25, -0.2) is 0 Å². The van der Waals surface area contributed by atoms with Crippen LogP contribution in [0.3, 0.4) is 0 Å². The quantitative estimate of drug-likeness (QED) is 0.779. The molecule has 1 heterocycles. The van der Waals surface area contributed by atoms with Gasteiger partial charge in [-0.15, -0.1) is 0 Å². The lowest BCUT2D eigenvalue weighted by Crippen LogP contribution is -2.14. The van der Waals surface area contributed by atoms with Gasteiger partial charge in [0.05, 0.1) is 12.7 Å². The summed E-state index contributed by atoms with van der Waals surface area (Å²) < 4.78 is 5.46. The molecule has 3 aromatic rings. The molecule has 3 nitrogen and oxygen atoms in total. The van der Waals surface area contributed by atoms with Crippen LogP contribution in [-0.4, -0.2) is 5.91 Å². The molecule has 0 aliphatic heterocycles. The molecule has 0 aliphatic carbocycles. The standard InChI is InChI=1S/C18H17NO2/c1-12-7-13(2)9-15(8-12)19-18(20)10-14-11-21-17-6-4-3-5-16(14)17/h3-9,11H,10H2,1-2H3,(H,19,20). The third-order valence-electron chi connectivity index (χ3n) is 3.42. The molecule has 1 aromatic heterocycles. The summed E-state index contributed by atoms with van der Waals surface area (Å²) in [6.45, 7) is 4.04. The maximum atomic E-state index is 12.2. The second kappa shape index (κ2) is 5.44. The molecule has 0 unspecified atom stereocenters. The highest BCUT2D eigenvalue weighted by molar-refractivity contribution is 5.95. The third-order valence-corrected chi connectivity index (χ3v) is 3.42. The van der Waals surface area contributed by atoms with E-state index in [-0.39, 0.29) is 5.91 Å². The summed E-state index contributed by atoms with van der Waals surface area (Å²) in [5.41, 5.74) is 4.84. The number of aryl methyl sites for hydroxylation is 2. The zero-order valence-electron chi connectivity index (χ0n) is 12.1. The first-order valence-electron chi connectivity index (χ1n) is 6.95. The average molecular weight is 279 g/mol. The molecular formula is C18H17NO2. The van der Waals surface area contributed by atoms with E-state index in [4.69, 9.17) is 4.42 Å². The van der Waals surface area contributed by atoms with Gasteiger partial charge in [0.25, 0.3) is 0 Å². The predicted octanol–water partition coefficient (Wildman–Crippen LogP) is 4.23. The number of amides is 1. The van der Waals surface area contributed by atoms with Crippen molar-refractivity contribution >= 4 is 22.6 Å². The lowest BCUT2D eigenvalue weighted by molar-refractivity contribution is -0.115. The highest BCUT2D eigenvalue weighted by Crippen LogP contribution is 2.21. The van der Waals surface area contributed by atoms with Crippen molar-refractivity contribution in [3.8, 4) is 0 Å². The molecule has 1 amide bonds. The summed E-state index contributed by atoms with van der Waals surface area (Å²) in [7, 11) is 0. The largest absolute Gasteiger partial charge is 0.464 e. The van der Waals surface area contributed by atoms with Crippen LogP contribution in [0.4, 0.5) is 5.69 Å². The molecule has 3 rings (SSSR count). The van der Waals surface area contributed by atoms with E-state index >= 15 is 0 Å². The van der Waals surface area contributed by atoms with E-state index in [1.54, 1.807) is 6.26 Å². The third kappa shape index (κ3) is 2.97. The van der Waals surface area contributed by atoms with Gasteiger partial charge in [0.15, 0.2) is 0 Å². The van der Waals surface area contributed by atoms with Gasteiger partial charge >= 0.3 is 0 Å². The van der Waals surface area contributed by atoms with Crippen molar-refractivity contribution in [3.05, 3.63) is 65.4 Å². The van der Waals surface area contributed by atoms with Gasteiger partial charge in [-0.05, 0) is 43.2 Å². The predicted molar refractivity (Wildman–Crippen MR) is 84.5 cm³/mol. The molecule has 1 N–H and O–H groups in total. The molecule has 3 heteroatoms. The van der Waals surface area contributed by atoms with Crippen LogP contribution in [-0.2, 0) is 11.2 Å². The van der Waals surface area contributed by atoms with Gasteiger partial charge in [0, 0.05) is 16.6 Å². The Balaban J connectivity index is 1.77. The Morgan fingerprint density at radius 2 is 1.81 bits per heavy atom. The zero-order valence-corrected chi connectivity index (χ0v) is 12.1. The minimum atomic E-state index is -0.0356. The average Bonchev–Trinajstić information content (AvgIpc) is 2.81. The van der Waals surface area contributed by atoms with Crippen LogP contribution in [0.1, 0.15) is 16.7 Å². The van der Waals surface area contributed by atoms with Crippen molar-refractivity contribution in [1.82, 2.24) is 0 Å². The number of anilines is 1. The van der Waals surface area contributed by atoms with Gasteiger partial charge in [-0.1, -0.05) is 24.3 Å². The monoisotopic (exact) mass is 279 g/mol. The first-order valence-corrected chi connectivity index (χ1v) is 6.95. The number of carbonyl (C=O) groups excluding carboxylic acids is 1. The SMILES string of the molecule is Cc1cc(C)cc(NC(=O)Cc2coc3ccccc23)c1. The van der Waals surface area contributed by atoms with Crippen molar-refractivity contribution in [3.63, 3.8) is 0 Å². The number of fused-ring (bicyclic) bond motifs is 1. The van der Waals surface area contributed by atoms with Gasteiger partial charge in [-0.2, -0.15) is 0 Å². The molecule has 2 aromatic carbocycles. The maximum absolute atomic E-state index is 12.2. The van der Waals surface area contributed by atoms with E-state index in [2.05, 4.69) is 11.4 Å². The Morgan fingerprint density at radius 3 is 2.57 bits per heavy atom. The van der Waals surface area contributed by atoms with E-state index in [1.807, 2.05) is 50.2 Å². The molecular weight excluding hydrogens is 262 g/mol. The Labute approximate surface area is 123 Å². The number of rotatable bonds is 3. The summed E-state index contributed by atoms with van der Waals surface area (Å²) in [5.74, 6) is -0.0356. The van der Waals surface area contributed by atoms with Crippen molar-refractivity contribution in [1.29, 1.82) is 0 Å². The van der Waals surface area contributed by atoms with Crippen LogP contribution < -0.4 is 5.32 Å². The number of hydrogen-bond acceptors (Lipinski definition) is 2. The number of benzene rings is 2. The maximum Gasteiger partial charge on any atom is 0.228 e. The molecule has 0 saturated heterocycles. The molecule has 0 spiro atoms. The second-order valence-corrected chi connectivity index (χ2v) is 5.36. The smallest absolute Gasteiger partial charge is 0.228 e. The number of carbonyl (C=O) groups is 1. The van der Waals surface area contributed by atoms with Crippen molar-refractivity contribution in [2.24, 2.45) is 0 Å². The zero-order chi connectivity index (χ0) is 14.8. The Kier molecular flexibility index (Phi) is 3.48. The Morgan fingerprint density at radius 1 is 1.10 bits per heavy atom. The highest BCUT2D eigenvalue weighted by atomic mass is 16.3. The lowest BCUT2D eigenvalue weighted by Gasteiger charge is -2.07. The van der Waals surface area contributed by atoms with Crippen LogP contribution in [0.15, 0.2) is 53.1 Å². The summed E-state index contributed by atoms with van der Waals surface area (Å²) in [6.07, 6.45) is 1.97. The van der Waals surface area contributed by atoms with E-state index in [0.717, 1.165) is 33.3 Å². The van der Waals surface area contributed by atoms with E-state index in [1.165, 1.54) is 0 Å². The molecule has 0 atom stereocenters. The summed E-state index contributed by atoms with van der Waals surface area (Å²) in [4.78, 5) is 12.2. The highest BCUT2D eigenvalue weighted by Gasteiger charge is 2.10. The number of furan rings is 1. The molecule has 0 radical (unpaired) electrons. The molecule has 0 saturated carbocycles. The fourth-order valence-corrected chi connectivity index (χ4v) is 2.59. The van der Waals surface area contributed by atoms with Crippen molar-refractivity contribution in [2.75, 3.05) is 5.32 Å². The van der Waals surface area contributed by atoms with Gasteiger partial charge in [-0.3, -0.25) is 4.79 Å².